The Morgan fingerprint density at radius 1 is 0.905 bits per heavy atom. The molecule has 0 saturated heterocycles. The van der Waals surface area contributed by atoms with Gasteiger partial charge in [0.2, 0.25) is 0 Å². The Morgan fingerprint density at radius 3 is 2.52 bits per heavy atom. The first-order valence-corrected chi connectivity index (χ1v) is 7.35. The van der Waals surface area contributed by atoms with Gasteiger partial charge in [-0.1, -0.05) is 54.6 Å². The molecule has 1 aromatic heterocycles. The minimum atomic E-state index is 1.01. The number of aromatic nitrogens is 1. The summed E-state index contributed by atoms with van der Waals surface area (Å²) in [6, 6.07) is 19.2. The number of para-hydroxylation sites is 1. The maximum absolute atomic E-state index is 3.38. The molecule has 1 N–H and O–H groups in total. The SMILES string of the molecule is CC1=C(c2c[nH]c3ccccc23)CC(c2ccccc2)=C1. The van der Waals surface area contributed by atoms with Gasteiger partial charge in [-0.2, -0.15) is 0 Å². The minimum Gasteiger partial charge on any atom is -0.361 e. The summed E-state index contributed by atoms with van der Waals surface area (Å²) in [5.74, 6) is 0. The quantitative estimate of drug-likeness (QED) is 0.639. The van der Waals surface area contributed by atoms with E-state index in [9.17, 15) is 0 Å². The Balaban J connectivity index is 1.74. The van der Waals surface area contributed by atoms with Gasteiger partial charge in [0.15, 0.2) is 0 Å². The number of aromatic amines is 1. The molecule has 0 atom stereocenters. The molecule has 0 bridgehead atoms. The third-order valence-corrected chi connectivity index (χ3v) is 4.29. The molecule has 0 saturated carbocycles. The molecular formula is C20H17N. The molecule has 0 radical (unpaired) electrons. The van der Waals surface area contributed by atoms with Crippen LogP contribution in [0.2, 0.25) is 0 Å². The van der Waals surface area contributed by atoms with Gasteiger partial charge in [0.05, 0.1) is 0 Å². The summed E-state index contributed by atoms with van der Waals surface area (Å²) in [6.45, 7) is 2.22. The summed E-state index contributed by atoms with van der Waals surface area (Å²) >= 11 is 0. The van der Waals surface area contributed by atoms with E-state index < -0.39 is 0 Å². The summed E-state index contributed by atoms with van der Waals surface area (Å²) in [7, 11) is 0. The zero-order valence-corrected chi connectivity index (χ0v) is 12.1. The highest BCUT2D eigenvalue weighted by Gasteiger charge is 2.18. The number of H-pyrrole nitrogens is 1. The van der Waals surface area contributed by atoms with Crippen molar-refractivity contribution in [3.05, 3.63) is 83.6 Å². The van der Waals surface area contributed by atoms with Crippen molar-refractivity contribution in [2.45, 2.75) is 13.3 Å². The van der Waals surface area contributed by atoms with Gasteiger partial charge in [-0.3, -0.25) is 0 Å². The second-order valence-electron chi connectivity index (χ2n) is 5.62. The average molecular weight is 271 g/mol. The third-order valence-electron chi connectivity index (χ3n) is 4.29. The molecule has 21 heavy (non-hydrogen) atoms. The van der Waals surface area contributed by atoms with Crippen LogP contribution in [-0.2, 0) is 0 Å². The van der Waals surface area contributed by atoms with Crippen molar-refractivity contribution in [2.24, 2.45) is 0 Å². The lowest BCUT2D eigenvalue weighted by Crippen LogP contribution is -1.84. The average Bonchev–Trinajstić information content (AvgIpc) is 3.11. The molecule has 102 valence electrons. The van der Waals surface area contributed by atoms with E-state index in [0.717, 1.165) is 6.42 Å². The molecule has 0 amide bonds. The zero-order chi connectivity index (χ0) is 14.2. The molecular weight excluding hydrogens is 254 g/mol. The van der Waals surface area contributed by atoms with E-state index in [1.165, 1.54) is 38.7 Å². The first-order valence-electron chi connectivity index (χ1n) is 7.35. The zero-order valence-electron chi connectivity index (χ0n) is 12.1. The molecule has 3 aromatic rings. The van der Waals surface area contributed by atoms with Crippen molar-refractivity contribution in [1.29, 1.82) is 0 Å². The van der Waals surface area contributed by atoms with E-state index in [2.05, 4.69) is 78.8 Å². The van der Waals surface area contributed by atoms with Crippen molar-refractivity contribution in [1.82, 2.24) is 4.98 Å². The molecule has 0 spiro atoms. The van der Waals surface area contributed by atoms with Crippen LogP contribution in [0.5, 0.6) is 0 Å². The van der Waals surface area contributed by atoms with Gasteiger partial charge in [-0.15, -0.1) is 0 Å². The van der Waals surface area contributed by atoms with Crippen LogP contribution in [0.1, 0.15) is 24.5 Å². The Kier molecular flexibility index (Phi) is 2.78. The van der Waals surface area contributed by atoms with Gasteiger partial charge < -0.3 is 4.98 Å². The second kappa shape index (κ2) is 4.78. The number of hydrogen-bond acceptors (Lipinski definition) is 0. The number of hydrogen-bond donors (Lipinski definition) is 1. The molecule has 4 rings (SSSR count). The lowest BCUT2D eigenvalue weighted by Gasteiger charge is -2.06. The molecule has 1 heterocycles. The van der Waals surface area contributed by atoms with Crippen molar-refractivity contribution in [2.75, 3.05) is 0 Å². The highest BCUT2D eigenvalue weighted by Crippen LogP contribution is 2.40. The Hall–Kier alpha value is -2.54. The monoisotopic (exact) mass is 271 g/mol. The van der Waals surface area contributed by atoms with Crippen LogP contribution in [0.15, 0.2) is 72.4 Å². The summed E-state index contributed by atoms with van der Waals surface area (Å²) in [6.07, 6.45) is 5.48. The highest BCUT2D eigenvalue weighted by atomic mass is 14.7. The van der Waals surface area contributed by atoms with E-state index in [1.807, 2.05) is 0 Å². The smallest absolute Gasteiger partial charge is 0.0460 e. The molecule has 1 aliphatic rings. The van der Waals surface area contributed by atoms with E-state index in [-0.39, 0.29) is 0 Å². The number of rotatable bonds is 2. The number of fused-ring (bicyclic) bond motifs is 1. The van der Waals surface area contributed by atoms with Crippen molar-refractivity contribution in [3.63, 3.8) is 0 Å². The Labute approximate surface area is 124 Å². The lowest BCUT2D eigenvalue weighted by atomic mass is 9.98. The van der Waals surface area contributed by atoms with Gasteiger partial charge >= 0.3 is 0 Å². The van der Waals surface area contributed by atoms with Crippen molar-refractivity contribution in [3.8, 4) is 0 Å². The van der Waals surface area contributed by atoms with E-state index >= 15 is 0 Å². The fourth-order valence-corrected chi connectivity index (χ4v) is 3.20. The molecule has 0 unspecified atom stereocenters. The lowest BCUT2D eigenvalue weighted by molar-refractivity contribution is 1.40. The molecule has 2 aromatic carbocycles. The summed E-state index contributed by atoms with van der Waals surface area (Å²) in [4.78, 5) is 3.38. The van der Waals surface area contributed by atoms with Crippen LogP contribution >= 0.6 is 0 Å². The van der Waals surface area contributed by atoms with Gasteiger partial charge in [-0.05, 0) is 41.7 Å². The molecule has 1 heteroatoms. The Morgan fingerprint density at radius 2 is 1.67 bits per heavy atom. The predicted molar refractivity (Wildman–Crippen MR) is 89.9 cm³/mol. The third kappa shape index (κ3) is 2.02. The van der Waals surface area contributed by atoms with Gasteiger partial charge in [-0.25, -0.2) is 0 Å². The van der Waals surface area contributed by atoms with E-state index in [1.54, 1.807) is 0 Å². The largest absolute Gasteiger partial charge is 0.361 e. The van der Waals surface area contributed by atoms with Crippen LogP contribution < -0.4 is 0 Å². The highest BCUT2D eigenvalue weighted by molar-refractivity contribution is 5.98. The maximum atomic E-state index is 3.38. The molecule has 1 nitrogen and oxygen atoms in total. The summed E-state index contributed by atoms with van der Waals surface area (Å²) in [5, 5.41) is 1.31. The first-order chi connectivity index (χ1) is 10.3. The Bertz CT molecular complexity index is 863. The van der Waals surface area contributed by atoms with E-state index in [4.69, 9.17) is 0 Å². The number of benzene rings is 2. The van der Waals surface area contributed by atoms with Crippen LogP contribution in [0.25, 0.3) is 22.0 Å². The predicted octanol–water partition coefficient (Wildman–Crippen LogP) is 5.43. The van der Waals surface area contributed by atoms with E-state index in [0.29, 0.717) is 0 Å². The van der Waals surface area contributed by atoms with Gasteiger partial charge in [0.25, 0.3) is 0 Å². The van der Waals surface area contributed by atoms with Crippen molar-refractivity contribution < 1.29 is 0 Å². The van der Waals surface area contributed by atoms with Crippen molar-refractivity contribution >= 4 is 22.0 Å². The van der Waals surface area contributed by atoms with Crippen LogP contribution in [0.3, 0.4) is 0 Å². The standard InChI is InChI=1S/C20H17N/c1-14-11-16(15-7-3-2-4-8-15)12-18(14)19-13-21-20-10-6-5-9-17(19)20/h2-11,13,21H,12H2,1H3. The fraction of sp³-hybridized carbons (Fsp3) is 0.100. The summed E-state index contributed by atoms with van der Waals surface area (Å²) < 4.78 is 0. The molecule has 1 aliphatic carbocycles. The fourth-order valence-electron chi connectivity index (χ4n) is 3.20. The topological polar surface area (TPSA) is 15.8 Å². The normalized spacial score (nSPS) is 14.8. The second-order valence-corrected chi connectivity index (χ2v) is 5.62. The van der Waals surface area contributed by atoms with Crippen LogP contribution in [0, 0.1) is 0 Å². The number of allylic oxidation sites excluding steroid dienone is 4. The minimum absolute atomic E-state index is 1.01. The molecule has 0 fully saturated rings. The number of nitrogens with one attached hydrogen (secondary N) is 1. The van der Waals surface area contributed by atoms with Gasteiger partial charge in [0, 0.05) is 22.7 Å². The van der Waals surface area contributed by atoms with Gasteiger partial charge in [0.1, 0.15) is 0 Å². The first kappa shape index (κ1) is 12.2. The van der Waals surface area contributed by atoms with Crippen LogP contribution in [0.4, 0.5) is 0 Å². The maximum Gasteiger partial charge on any atom is 0.0460 e. The summed E-state index contributed by atoms with van der Waals surface area (Å²) in [5.41, 5.74) is 8.09. The molecule has 0 aliphatic heterocycles. The van der Waals surface area contributed by atoms with Crippen LogP contribution in [-0.4, -0.2) is 4.98 Å².